The van der Waals surface area contributed by atoms with E-state index in [4.69, 9.17) is 4.98 Å². The summed E-state index contributed by atoms with van der Waals surface area (Å²) < 4.78 is 2.58. The Morgan fingerprint density at radius 1 is 0.594 bits per heavy atom. The van der Waals surface area contributed by atoms with Crippen LogP contribution in [0.15, 0.2) is 36.4 Å². The van der Waals surface area contributed by atoms with Crippen molar-refractivity contribution in [1.29, 1.82) is 0 Å². The fourth-order valence-corrected chi connectivity index (χ4v) is 5.16. The fourth-order valence-electron chi connectivity index (χ4n) is 4.13. The lowest BCUT2D eigenvalue weighted by Gasteiger charge is -2.24. The van der Waals surface area contributed by atoms with Crippen LogP contribution < -0.4 is 9.80 Å². The van der Waals surface area contributed by atoms with Crippen molar-refractivity contribution in [2.24, 2.45) is 0 Å². The number of hydrogen-bond acceptors (Lipinski definition) is 3. The van der Waals surface area contributed by atoms with Gasteiger partial charge in [-0.05, 0) is 49.9 Å². The first-order valence-corrected chi connectivity index (χ1v) is 13.7. The van der Waals surface area contributed by atoms with E-state index in [2.05, 4.69) is 73.9 Å². The number of rotatable bonds is 14. The third kappa shape index (κ3) is 6.54. The fraction of sp³-hybridized carbons (Fsp3) is 0.571. The van der Waals surface area contributed by atoms with Crippen molar-refractivity contribution in [3.63, 3.8) is 0 Å². The third-order valence-corrected chi connectivity index (χ3v) is 7.30. The molecule has 0 radical (unpaired) electrons. The molecular weight excluding hydrogens is 410 g/mol. The molecule has 0 aliphatic carbocycles. The van der Waals surface area contributed by atoms with Crippen molar-refractivity contribution in [2.75, 3.05) is 36.0 Å². The van der Waals surface area contributed by atoms with Gasteiger partial charge in [0.15, 0.2) is 0 Å². The van der Waals surface area contributed by atoms with E-state index in [1.165, 1.54) is 72.1 Å². The zero-order chi connectivity index (χ0) is 22.8. The van der Waals surface area contributed by atoms with E-state index in [1.54, 1.807) is 0 Å². The van der Waals surface area contributed by atoms with Crippen LogP contribution in [-0.2, 0) is 0 Å². The first-order valence-electron chi connectivity index (χ1n) is 12.9. The predicted molar refractivity (Wildman–Crippen MR) is 146 cm³/mol. The van der Waals surface area contributed by atoms with Crippen LogP contribution in [0.2, 0.25) is 0 Å². The highest BCUT2D eigenvalue weighted by molar-refractivity contribution is 7.24. The van der Waals surface area contributed by atoms with Crippen molar-refractivity contribution in [2.45, 2.75) is 79.1 Å². The van der Waals surface area contributed by atoms with Crippen LogP contribution in [0.5, 0.6) is 0 Å². The van der Waals surface area contributed by atoms with Gasteiger partial charge in [0.05, 0.1) is 0 Å². The first kappa shape index (κ1) is 24.7. The molecule has 3 nitrogen and oxygen atoms in total. The molecule has 0 unspecified atom stereocenters. The smallest absolute Gasteiger partial charge is 0.259 e. The van der Waals surface area contributed by atoms with Crippen molar-refractivity contribution >= 4 is 43.1 Å². The van der Waals surface area contributed by atoms with Gasteiger partial charge in [0.25, 0.3) is 9.40 Å². The molecule has 0 fully saturated rings. The molecule has 1 heterocycles. The Balaban J connectivity index is 1.94. The summed E-state index contributed by atoms with van der Waals surface area (Å²) >= 11 is 1.89. The maximum absolute atomic E-state index is 5.00. The molecule has 0 atom stereocenters. The highest BCUT2D eigenvalue weighted by Crippen LogP contribution is 2.32. The largest absolute Gasteiger partial charge is 0.371 e. The molecule has 0 amide bonds. The second-order valence-corrected chi connectivity index (χ2v) is 9.99. The maximum atomic E-state index is 5.00. The number of aromatic nitrogens is 1. The van der Waals surface area contributed by atoms with Gasteiger partial charge in [-0.15, -0.1) is 0 Å². The zero-order valence-electron chi connectivity index (χ0n) is 20.7. The summed E-state index contributed by atoms with van der Waals surface area (Å²) in [6, 6.07) is 13.7. The number of benzene rings is 2. The number of anilines is 2. The van der Waals surface area contributed by atoms with Gasteiger partial charge < -0.3 is 9.80 Å². The Morgan fingerprint density at radius 3 is 1.31 bits per heavy atom. The lowest BCUT2D eigenvalue weighted by Crippen LogP contribution is -2.25. The topological polar surface area (TPSA) is 19.4 Å². The Bertz CT molecular complexity index is 880. The molecule has 0 N–H and O–H groups in total. The lowest BCUT2D eigenvalue weighted by atomic mass is 10.2. The quantitative estimate of drug-likeness (QED) is 0.180. The predicted octanol–water partition coefficient (Wildman–Crippen LogP) is 8.54. The van der Waals surface area contributed by atoms with Crippen molar-refractivity contribution in [3.05, 3.63) is 36.4 Å². The monoisotopic (exact) mass is 452 g/mol. The highest BCUT2D eigenvalue weighted by Gasteiger charge is 2.17. The molecule has 2 aromatic carbocycles. The number of hydrogen-bond donors (Lipinski definition) is 0. The van der Waals surface area contributed by atoms with Crippen molar-refractivity contribution in [1.82, 2.24) is 4.98 Å². The van der Waals surface area contributed by atoms with E-state index >= 15 is 0 Å². The van der Waals surface area contributed by atoms with Gasteiger partial charge >= 0.3 is 0 Å². The molecule has 0 saturated heterocycles. The van der Waals surface area contributed by atoms with Crippen LogP contribution in [0.1, 0.15) is 79.1 Å². The summed E-state index contributed by atoms with van der Waals surface area (Å²) in [5.74, 6) is 0. The molecule has 1 aromatic heterocycles. The van der Waals surface area contributed by atoms with E-state index in [1.807, 2.05) is 11.3 Å². The van der Waals surface area contributed by atoms with Crippen LogP contribution in [0, 0.1) is 0 Å². The van der Waals surface area contributed by atoms with E-state index < -0.39 is 0 Å². The number of fused-ring (bicyclic) bond motifs is 2. The first-order chi connectivity index (χ1) is 15.7. The minimum atomic E-state index is 1.11. The minimum Gasteiger partial charge on any atom is -0.371 e. The highest BCUT2D eigenvalue weighted by atomic mass is 32.1. The Hall–Kier alpha value is -1.94. The molecule has 4 heteroatoms. The van der Waals surface area contributed by atoms with E-state index in [0.717, 1.165) is 37.2 Å². The van der Waals surface area contributed by atoms with E-state index in [0.29, 0.717) is 0 Å². The number of nitrogens with zero attached hydrogens (tertiary/aromatic N) is 3. The Labute approximate surface area is 199 Å². The summed E-state index contributed by atoms with van der Waals surface area (Å²) in [4.78, 5) is 10.1. The number of unbranched alkanes of at least 4 members (excludes halogenated alkanes) is 4. The molecular formula is C28H42N3S+. The van der Waals surface area contributed by atoms with Crippen LogP contribution in [-0.4, -0.2) is 31.2 Å². The molecule has 0 bridgehead atoms. The van der Waals surface area contributed by atoms with E-state index in [9.17, 15) is 0 Å². The van der Waals surface area contributed by atoms with Crippen LogP contribution in [0.3, 0.4) is 0 Å². The normalized spacial score (nSPS) is 11.4. The standard InChI is InChI=1S/C28H42N3S/c1-5-9-17-30(18-10-6-2)23-13-15-25-27(21-23)32-28-22-24(14-16-26(28)29-25)31(19-11-7-3)20-12-8-4/h13-16,21-22H,5-12,17-20H2,1-4H3/q+1. The van der Waals surface area contributed by atoms with Gasteiger partial charge in [0, 0.05) is 49.7 Å². The van der Waals surface area contributed by atoms with Crippen LogP contribution >= 0.6 is 11.3 Å². The minimum absolute atomic E-state index is 1.11. The molecule has 3 aromatic rings. The van der Waals surface area contributed by atoms with Gasteiger partial charge in [-0.25, -0.2) is 4.98 Å². The molecule has 0 spiro atoms. The van der Waals surface area contributed by atoms with Crippen LogP contribution in [0.4, 0.5) is 11.4 Å². The third-order valence-electron chi connectivity index (χ3n) is 6.20. The maximum Gasteiger partial charge on any atom is 0.259 e. The van der Waals surface area contributed by atoms with Crippen molar-refractivity contribution < 1.29 is 0 Å². The second-order valence-electron chi connectivity index (χ2n) is 8.91. The summed E-state index contributed by atoms with van der Waals surface area (Å²) in [7, 11) is 0. The molecule has 0 aliphatic heterocycles. The zero-order valence-corrected chi connectivity index (χ0v) is 21.5. The summed E-state index contributed by atoms with van der Waals surface area (Å²) in [6.45, 7) is 13.7. The summed E-state index contributed by atoms with van der Waals surface area (Å²) in [6.07, 6.45) is 9.93. The van der Waals surface area contributed by atoms with Gasteiger partial charge in [-0.2, -0.15) is 0 Å². The van der Waals surface area contributed by atoms with Gasteiger partial charge in [-0.3, -0.25) is 0 Å². The molecule has 32 heavy (non-hydrogen) atoms. The molecule has 3 rings (SSSR count). The van der Waals surface area contributed by atoms with Crippen molar-refractivity contribution in [3.8, 4) is 0 Å². The average molecular weight is 453 g/mol. The lowest BCUT2D eigenvalue weighted by molar-refractivity contribution is 0.678. The van der Waals surface area contributed by atoms with Gasteiger partial charge in [0.2, 0.25) is 11.3 Å². The Morgan fingerprint density at radius 2 is 0.969 bits per heavy atom. The summed E-state index contributed by atoms with van der Waals surface area (Å²) in [5.41, 5.74) is 4.92. The molecule has 0 aliphatic rings. The van der Waals surface area contributed by atoms with E-state index in [-0.39, 0.29) is 0 Å². The van der Waals surface area contributed by atoms with Gasteiger partial charge in [0.1, 0.15) is 11.0 Å². The van der Waals surface area contributed by atoms with Crippen LogP contribution in [0.25, 0.3) is 20.4 Å². The summed E-state index contributed by atoms with van der Waals surface area (Å²) in [5, 5.41) is 0. The molecule has 174 valence electrons. The average Bonchev–Trinajstić information content (AvgIpc) is 2.82. The Kier molecular flexibility index (Phi) is 9.98. The molecule has 0 saturated carbocycles. The van der Waals surface area contributed by atoms with Gasteiger partial charge in [-0.1, -0.05) is 53.4 Å². The second kappa shape index (κ2) is 12.9. The SMILES string of the molecule is CCCCN(CCCC)c1ccc2nc3ccc(N(CCCC)CCCC)cc3[s+]c2c1.